The minimum Gasteiger partial charge on any atom is -0.300 e. The van der Waals surface area contributed by atoms with Gasteiger partial charge in [-0.15, -0.1) is 0 Å². The zero-order valence-corrected chi connectivity index (χ0v) is 9.51. The van der Waals surface area contributed by atoms with E-state index in [4.69, 9.17) is 0 Å². The van der Waals surface area contributed by atoms with Crippen LogP contribution in [-0.2, 0) is 11.0 Å². The summed E-state index contributed by atoms with van der Waals surface area (Å²) in [6, 6.07) is 4.71. The molecule has 0 N–H and O–H groups in total. The first kappa shape index (κ1) is 13.4. The predicted molar refractivity (Wildman–Crippen MR) is 59.5 cm³/mol. The van der Waals surface area contributed by atoms with E-state index in [9.17, 15) is 18.0 Å². The lowest BCUT2D eigenvalue weighted by Gasteiger charge is -2.07. The van der Waals surface area contributed by atoms with Gasteiger partial charge in [0.25, 0.3) is 0 Å². The van der Waals surface area contributed by atoms with Crippen molar-refractivity contribution in [3.63, 3.8) is 0 Å². The summed E-state index contributed by atoms with van der Waals surface area (Å²) in [4.78, 5) is 14.8. The molecule has 17 heavy (non-hydrogen) atoms. The van der Waals surface area contributed by atoms with Gasteiger partial charge >= 0.3 is 6.18 Å². The normalized spacial score (nSPS) is 12.6. The summed E-state index contributed by atoms with van der Waals surface area (Å²) in [7, 11) is 0. The van der Waals surface area contributed by atoms with Crippen LogP contribution < -0.4 is 0 Å². The molecule has 0 atom stereocenters. The molecule has 0 aliphatic carbocycles. The van der Waals surface area contributed by atoms with Crippen LogP contribution >= 0.6 is 0 Å². The van der Waals surface area contributed by atoms with Crippen LogP contribution in [0.4, 0.5) is 18.9 Å². The van der Waals surface area contributed by atoms with Crippen LogP contribution in [0.3, 0.4) is 0 Å². The Labute approximate surface area is 97.2 Å². The number of hydrogen-bond donors (Lipinski definition) is 0. The molecule has 0 aromatic heterocycles. The summed E-state index contributed by atoms with van der Waals surface area (Å²) in [5.41, 5.74) is -0.0372. The standard InChI is InChI=1S/C12H12F3NO/c1-8(6-9(2)17)16-11-5-3-4-10(7-11)12(13,14)15/h3-5,7H,6H2,1-2H3. The number of nitrogens with zero attached hydrogens (tertiary/aromatic N) is 1. The number of Topliss-reactive ketones (excluding diaryl/α,β-unsaturated/α-hetero) is 1. The molecule has 0 saturated heterocycles. The van der Waals surface area contributed by atoms with Gasteiger partial charge in [0, 0.05) is 12.1 Å². The van der Waals surface area contributed by atoms with E-state index in [-0.39, 0.29) is 17.9 Å². The molecule has 5 heteroatoms. The fourth-order valence-electron chi connectivity index (χ4n) is 1.37. The Balaban J connectivity index is 2.97. The molecule has 0 unspecified atom stereocenters. The van der Waals surface area contributed by atoms with Crippen molar-refractivity contribution in [1.29, 1.82) is 0 Å². The van der Waals surface area contributed by atoms with Crippen LogP contribution in [0.1, 0.15) is 25.8 Å². The molecule has 2 nitrogen and oxygen atoms in total. The zero-order chi connectivity index (χ0) is 13.1. The highest BCUT2D eigenvalue weighted by Crippen LogP contribution is 2.31. The highest BCUT2D eigenvalue weighted by Gasteiger charge is 2.30. The van der Waals surface area contributed by atoms with Crippen LogP contribution in [0.25, 0.3) is 0 Å². The molecule has 0 fully saturated rings. The van der Waals surface area contributed by atoms with E-state index in [1.807, 2.05) is 0 Å². The smallest absolute Gasteiger partial charge is 0.300 e. The molecule has 1 rings (SSSR count). The first-order valence-corrected chi connectivity index (χ1v) is 5.00. The lowest BCUT2D eigenvalue weighted by molar-refractivity contribution is -0.137. The summed E-state index contributed by atoms with van der Waals surface area (Å²) in [6.45, 7) is 3.02. The van der Waals surface area contributed by atoms with E-state index in [1.54, 1.807) is 6.92 Å². The Kier molecular flexibility index (Phi) is 4.04. The highest BCUT2D eigenvalue weighted by molar-refractivity contribution is 6.00. The van der Waals surface area contributed by atoms with Crippen molar-refractivity contribution in [3.8, 4) is 0 Å². The molecule has 1 aromatic carbocycles. The average molecular weight is 243 g/mol. The van der Waals surface area contributed by atoms with E-state index in [0.717, 1.165) is 12.1 Å². The molecular formula is C12H12F3NO. The fourth-order valence-corrected chi connectivity index (χ4v) is 1.37. The van der Waals surface area contributed by atoms with E-state index < -0.39 is 11.7 Å². The molecule has 0 saturated carbocycles. The number of halogens is 3. The quantitative estimate of drug-likeness (QED) is 0.743. The Morgan fingerprint density at radius 3 is 2.47 bits per heavy atom. The Hall–Kier alpha value is -1.65. The van der Waals surface area contributed by atoms with Crippen LogP contribution in [-0.4, -0.2) is 11.5 Å². The molecule has 0 heterocycles. The van der Waals surface area contributed by atoms with E-state index >= 15 is 0 Å². The van der Waals surface area contributed by atoms with Gasteiger partial charge in [-0.25, -0.2) is 0 Å². The fraction of sp³-hybridized carbons (Fsp3) is 0.333. The van der Waals surface area contributed by atoms with Crippen molar-refractivity contribution in [3.05, 3.63) is 29.8 Å². The highest BCUT2D eigenvalue weighted by atomic mass is 19.4. The maximum atomic E-state index is 12.4. The SMILES string of the molecule is CC(=O)CC(C)=Nc1cccc(C(F)(F)F)c1. The van der Waals surface area contributed by atoms with Gasteiger partial charge in [0.05, 0.1) is 11.3 Å². The number of rotatable bonds is 3. The number of carbonyl (C=O) groups is 1. The molecular weight excluding hydrogens is 231 g/mol. The number of ketones is 1. The molecule has 0 spiro atoms. The van der Waals surface area contributed by atoms with Gasteiger partial charge < -0.3 is 0 Å². The first-order chi connectivity index (χ1) is 7.79. The second-order valence-electron chi connectivity index (χ2n) is 3.77. The Morgan fingerprint density at radius 1 is 1.29 bits per heavy atom. The summed E-state index contributed by atoms with van der Waals surface area (Å²) in [6.07, 6.45) is -4.23. The van der Waals surface area contributed by atoms with Crippen LogP contribution in [0.2, 0.25) is 0 Å². The Morgan fingerprint density at radius 2 is 1.94 bits per heavy atom. The third kappa shape index (κ3) is 4.38. The average Bonchev–Trinajstić information content (AvgIpc) is 2.15. The molecule has 0 radical (unpaired) electrons. The zero-order valence-electron chi connectivity index (χ0n) is 9.51. The minimum absolute atomic E-state index is 0.0711. The maximum Gasteiger partial charge on any atom is 0.416 e. The lowest BCUT2D eigenvalue weighted by atomic mass is 10.2. The van der Waals surface area contributed by atoms with Crippen molar-refractivity contribution < 1.29 is 18.0 Å². The van der Waals surface area contributed by atoms with Gasteiger partial charge in [0.1, 0.15) is 5.78 Å². The van der Waals surface area contributed by atoms with Crippen molar-refractivity contribution >= 4 is 17.2 Å². The summed E-state index contributed by atoms with van der Waals surface area (Å²) in [5, 5.41) is 0. The van der Waals surface area contributed by atoms with E-state index in [1.165, 1.54) is 19.1 Å². The van der Waals surface area contributed by atoms with Crippen LogP contribution in [0.5, 0.6) is 0 Å². The van der Waals surface area contributed by atoms with Crippen molar-refractivity contribution in [1.82, 2.24) is 0 Å². The number of benzene rings is 1. The Bertz CT molecular complexity index is 449. The third-order valence-corrected chi connectivity index (χ3v) is 2.00. The van der Waals surface area contributed by atoms with Gasteiger partial charge in [-0.05, 0) is 32.0 Å². The second kappa shape index (κ2) is 5.12. The van der Waals surface area contributed by atoms with Crippen molar-refractivity contribution in [2.24, 2.45) is 4.99 Å². The monoisotopic (exact) mass is 243 g/mol. The van der Waals surface area contributed by atoms with Gasteiger partial charge in [0.15, 0.2) is 0 Å². The number of carbonyl (C=O) groups excluding carboxylic acids is 1. The van der Waals surface area contributed by atoms with E-state index in [2.05, 4.69) is 4.99 Å². The number of hydrogen-bond acceptors (Lipinski definition) is 2. The lowest BCUT2D eigenvalue weighted by Crippen LogP contribution is -2.04. The maximum absolute atomic E-state index is 12.4. The van der Waals surface area contributed by atoms with Crippen molar-refractivity contribution in [2.45, 2.75) is 26.4 Å². The molecule has 0 amide bonds. The van der Waals surface area contributed by atoms with Crippen LogP contribution in [0, 0.1) is 0 Å². The molecule has 0 aliphatic rings. The van der Waals surface area contributed by atoms with Gasteiger partial charge in [0.2, 0.25) is 0 Å². The second-order valence-corrected chi connectivity index (χ2v) is 3.77. The summed E-state index contributed by atoms with van der Waals surface area (Å²) < 4.78 is 37.2. The van der Waals surface area contributed by atoms with Gasteiger partial charge in [-0.2, -0.15) is 13.2 Å². The number of aliphatic imine (C=N–C) groups is 1. The topological polar surface area (TPSA) is 29.4 Å². The van der Waals surface area contributed by atoms with Crippen LogP contribution in [0.15, 0.2) is 29.3 Å². The first-order valence-electron chi connectivity index (χ1n) is 5.00. The molecule has 0 bridgehead atoms. The largest absolute Gasteiger partial charge is 0.416 e. The molecule has 92 valence electrons. The predicted octanol–water partition coefficient (Wildman–Crippen LogP) is 3.78. The van der Waals surface area contributed by atoms with E-state index in [0.29, 0.717) is 5.71 Å². The van der Waals surface area contributed by atoms with Gasteiger partial charge in [-0.3, -0.25) is 9.79 Å². The number of alkyl halides is 3. The van der Waals surface area contributed by atoms with Crippen molar-refractivity contribution in [2.75, 3.05) is 0 Å². The third-order valence-electron chi connectivity index (χ3n) is 2.00. The molecule has 1 aromatic rings. The summed E-state index contributed by atoms with van der Waals surface area (Å²) in [5.74, 6) is -0.0711. The molecule has 0 aliphatic heterocycles. The van der Waals surface area contributed by atoms with Gasteiger partial charge in [-0.1, -0.05) is 6.07 Å². The minimum atomic E-state index is -4.37. The summed E-state index contributed by atoms with van der Waals surface area (Å²) >= 11 is 0.